The van der Waals surface area contributed by atoms with Gasteiger partial charge in [-0.3, -0.25) is 0 Å². The predicted octanol–water partition coefficient (Wildman–Crippen LogP) is 3.75. The van der Waals surface area contributed by atoms with Crippen molar-refractivity contribution in [2.45, 2.75) is 25.5 Å². The van der Waals surface area contributed by atoms with Gasteiger partial charge in [-0.05, 0) is 24.5 Å². The Kier molecular flexibility index (Phi) is 3.72. The molecule has 0 bridgehead atoms. The van der Waals surface area contributed by atoms with Crippen LogP contribution in [0.1, 0.15) is 30.0 Å². The van der Waals surface area contributed by atoms with Gasteiger partial charge >= 0.3 is 6.09 Å². The molecule has 1 atom stereocenters. The zero-order chi connectivity index (χ0) is 13.8. The number of carbonyl (C=O) groups excluding carboxylic acids is 1. The Hall–Kier alpha value is -2.23. The maximum absolute atomic E-state index is 12.2. The Morgan fingerprint density at radius 3 is 2.90 bits per heavy atom. The molecule has 0 aliphatic carbocycles. The lowest BCUT2D eigenvalue weighted by Crippen LogP contribution is -2.30. The molecule has 0 spiro atoms. The van der Waals surface area contributed by atoms with E-state index in [1.165, 1.54) is 0 Å². The third kappa shape index (κ3) is 2.69. The quantitative estimate of drug-likeness (QED) is 0.853. The molecule has 20 heavy (non-hydrogen) atoms. The summed E-state index contributed by atoms with van der Waals surface area (Å²) in [6, 6.07) is 11.7. The Balaban J connectivity index is 1.62. The molecule has 1 aliphatic heterocycles. The Morgan fingerprint density at radius 1 is 1.30 bits per heavy atom. The van der Waals surface area contributed by atoms with Gasteiger partial charge in [0.25, 0.3) is 0 Å². The van der Waals surface area contributed by atoms with Crippen LogP contribution in [0.2, 0.25) is 0 Å². The minimum absolute atomic E-state index is 0.0806. The number of hydrogen-bond donors (Lipinski definition) is 0. The van der Waals surface area contributed by atoms with Gasteiger partial charge in [0.1, 0.15) is 6.61 Å². The largest absolute Gasteiger partial charge is 0.472 e. The molecule has 104 valence electrons. The van der Waals surface area contributed by atoms with Gasteiger partial charge in [-0.15, -0.1) is 0 Å². The number of amides is 1. The zero-order valence-corrected chi connectivity index (χ0v) is 11.2. The number of carbonyl (C=O) groups is 1. The number of rotatable bonds is 3. The fraction of sp³-hybridized carbons (Fsp3) is 0.312. The molecule has 2 aromatic rings. The van der Waals surface area contributed by atoms with Crippen LogP contribution in [0.4, 0.5) is 4.79 Å². The van der Waals surface area contributed by atoms with E-state index in [2.05, 4.69) is 0 Å². The van der Waals surface area contributed by atoms with Crippen LogP contribution in [0.25, 0.3) is 0 Å². The van der Waals surface area contributed by atoms with E-state index in [1.807, 2.05) is 36.4 Å². The highest BCUT2D eigenvalue weighted by Gasteiger charge is 2.31. The summed E-state index contributed by atoms with van der Waals surface area (Å²) in [5.74, 6) is 0. The molecule has 1 aromatic heterocycles. The first-order valence-corrected chi connectivity index (χ1v) is 6.84. The standard InChI is InChI=1S/C16H17NO3/c18-16(20-11-13-5-2-1-3-6-13)17-9-4-7-15(17)14-8-10-19-12-14/h1-3,5-6,8,10,12,15H,4,7,9,11H2/t15-/m1/s1. The minimum Gasteiger partial charge on any atom is -0.472 e. The average molecular weight is 271 g/mol. The average Bonchev–Trinajstić information content (AvgIpc) is 3.15. The Labute approximate surface area is 118 Å². The van der Waals surface area contributed by atoms with E-state index >= 15 is 0 Å². The van der Waals surface area contributed by atoms with Crippen LogP contribution in [-0.4, -0.2) is 17.5 Å². The summed E-state index contributed by atoms with van der Waals surface area (Å²) < 4.78 is 10.5. The van der Waals surface area contributed by atoms with E-state index < -0.39 is 0 Å². The second-order valence-electron chi connectivity index (χ2n) is 4.95. The van der Waals surface area contributed by atoms with Crippen LogP contribution in [-0.2, 0) is 11.3 Å². The van der Waals surface area contributed by atoms with Crippen molar-refractivity contribution in [2.75, 3.05) is 6.54 Å². The summed E-state index contributed by atoms with van der Waals surface area (Å²) in [6.45, 7) is 1.05. The fourth-order valence-electron chi connectivity index (χ4n) is 2.60. The molecule has 4 nitrogen and oxygen atoms in total. The Morgan fingerprint density at radius 2 is 2.15 bits per heavy atom. The topological polar surface area (TPSA) is 42.7 Å². The lowest BCUT2D eigenvalue weighted by Gasteiger charge is -2.23. The van der Waals surface area contributed by atoms with E-state index in [-0.39, 0.29) is 12.1 Å². The van der Waals surface area contributed by atoms with Crippen molar-refractivity contribution in [3.8, 4) is 0 Å². The second-order valence-corrected chi connectivity index (χ2v) is 4.95. The fourth-order valence-corrected chi connectivity index (χ4v) is 2.60. The van der Waals surface area contributed by atoms with Gasteiger partial charge in [0.15, 0.2) is 0 Å². The summed E-state index contributed by atoms with van der Waals surface area (Å²) in [5.41, 5.74) is 2.04. The molecule has 0 saturated carbocycles. The molecule has 1 aromatic carbocycles. The summed E-state index contributed by atoms with van der Waals surface area (Å²) in [4.78, 5) is 14.0. The van der Waals surface area contributed by atoms with Gasteiger partial charge in [-0.25, -0.2) is 4.79 Å². The van der Waals surface area contributed by atoms with E-state index in [4.69, 9.17) is 9.15 Å². The molecule has 1 aliphatic rings. The molecule has 0 radical (unpaired) electrons. The van der Waals surface area contributed by atoms with Crippen molar-refractivity contribution in [3.63, 3.8) is 0 Å². The van der Waals surface area contributed by atoms with Gasteiger partial charge in [0.05, 0.1) is 18.6 Å². The van der Waals surface area contributed by atoms with Crippen LogP contribution >= 0.6 is 0 Å². The number of furan rings is 1. The van der Waals surface area contributed by atoms with Crippen molar-refractivity contribution in [1.82, 2.24) is 4.90 Å². The number of nitrogens with zero attached hydrogens (tertiary/aromatic N) is 1. The third-order valence-electron chi connectivity index (χ3n) is 3.62. The van der Waals surface area contributed by atoms with E-state index in [0.717, 1.165) is 30.5 Å². The van der Waals surface area contributed by atoms with Gasteiger partial charge in [0, 0.05) is 12.1 Å². The molecule has 1 fully saturated rings. The van der Waals surface area contributed by atoms with Crippen molar-refractivity contribution < 1.29 is 13.9 Å². The number of benzene rings is 1. The first kappa shape index (κ1) is 12.8. The summed E-state index contributed by atoms with van der Waals surface area (Å²) in [7, 11) is 0. The zero-order valence-electron chi connectivity index (χ0n) is 11.2. The van der Waals surface area contributed by atoms with Crippen LogP contribution in [0.5, 0.6) is 0 Å². The molecule has 0 unspecified atom stereocenters. The van der Waals surface area contributed by atoms with E-state index in [0.29, 0.717) is 6.61 Å². The van der Waals surface area contributed by atoms with Gasteiger partial charge in [-0.2, -0.15) is 0 Å². The van der Waals surface area contributed by atoms with Gasteiger partial charge < -0.3 is 14.1 Å². The summed E-state index contributed by atoms with van der Waals surface area (Å²) in [6.07, 6.45) is 5.04. The predicted molar refractivity (Wildman–Crippen MR) is 74.0 cm³/mol. The molecule has 3 rings (SSSR count). The van der Waals surface area contributed by atoms with Crippen LogP contribution in [0.15, 0.2) is 53.3 Å². The normalized spacial score (nSPS) is 18.2. The highest BCUT2D eigenvalue weighted by Crippen LogP contribution is 2.32. The second kappa shape index (κ2) is 5.82. The van der Waals surface area contributed by atoms with Gasteiger partial charge in [0.2, 0.25) is 0 Å². The highest BCUT2D eigenvalue weighted by molar-refractivity contribution is 5.68. The molecule has 0 N–H and O–H groups in total. The maximum atomic E-state index is 12.2. The lowest BCUT2D eigenvalue weighted by molar-refractivity contribution is 0.0920. The first-order valence-electron chi connectivity index (χ1n) is 6.84. The van der Waals surface area contributed by atoms with Crippen molar-refractivity contribution in [1.29, 1.82) is 0 Å². The minimum atomic E-state index is -0.252. The molecule has 1 saturated heterocycles. The van der Waals surface area contributed by atoms with E-state index in [1.54, 1.807) is 17.4 Å². The summed E-state index contributed by atoms with van der Waals surface area (Å²) in [5, 5.41) is 0. The third-order valence-corrected chi connectivity index (χ3v) is 3.62. The number of ether oxygens (including phenoxy) is 1. The van der Waals surface area contributed by atoms with Crippen LogP contribution in [0.3, 0.4) is 0 Å². The Bertz CT molecular complexity index is 550. The van der Waals surface area contributed by atoms with Gasteiger partial charge in [-0.1, -0.05) is 30.3 Å². The van der Waals surface area contributed by atoms with Crippen molar-refractivity contribution in [2.24, 2.45) is 0 Å². The monoisotopic (exact) mass is 271 g/mol. The van der Waals surface area contributed by atoms with E-state index in [9.17, 15) is 4.79 Å². The molecular weight excluding hydrogens is 254 g/mol. The summed E-state index contributed by atoms with van der Waals surface area (Å²) >= 11 is 0. The maximum Gasteiger partial charge on any atom is 0.410 e. The molecule has 4 heteroatoms. The number of likely N-dealkylation sites (tertiary alicyclic amines) is 1. The van der Waals surface area contributed by atoms with Crippen LogP contribution < -0.4 is 0 Å². The highest BCUT2D eigenvalue weighted by atomic mass is 16.6. The van der Waals surface area contributed by atoms with Crippen molar-refractivity contribution >= 4 is 6.09 Å². The smallest absolute Gasteiger partial charge is 0.410 e. The SMILES string of the molecule is O=C(OCc1ccccc1)N1CCC[C@@H]1c1ccoc1. The number of hydrogen-bond acceptors (Lipinski definition) is 3. The molecule has 1 amide bonds. The van der Waals surface area contributed by atoms with Crippen LogP contribution in [0, 0.1) is 0 Å². The molecule has 2 heterocycles. The lowest BCUT2D eigenvalue weighted by atomic mass is 10.1. The van der Waals surface area contributed by atoms with Crippen molar-refractivity contribution in [3.05, 3.63) is 60.1 Å². The first-order chi connectivity index (χ1) is 9.84. The molecular formula is C16H17NO3.